The summed E-state index contributed by atoms with van der Waals surface area (Å²) in [7, 11) is 0. The maximum absolute atomic E-state index is 10.2. The third-order valence-electron chi connectivity index (χ3n) is 1.11. The number of hydrogen-bond acceptors (Lipinski definition) is 2. The number of benzene rings is 1. The summed E-state index contributed by atoms with van der Waals surface area (Å²) in [5.41, 5.74) is -0.129. The van der Waals surface area contributed by atoms with Gasteiger partial charge in [-0.05, 0) is 12.1 Å². The largest absolute Gasteiger partial charge is 0.287 e. The molecule has 0 spiro atoms. The van der Waals surface area contributed by atoms with Gasteiger partial charge in [-0.2, -0.15) is 0 Å². The van der Waals surface area contributed by atoms with Crippen LogP contribution >= 0.6 is 23.2 Å². The van der Waals surface area contributed by atoms with Gasteiger partial charge in [-0.1, -0.05) is 23.2 Å². The molecule has 0 atom stereocenters. The molecule has 5 heteroatoms. The molecule has 11 heavy (non-hydrogen) atoms. The van der Waals surface area contributed by atoms with Crippen molar-refractivity contribution < 1.29 is 4.92 Å². The van der Waals surface area contributed by atoms with Gasteiger partial charge in [-0.15, -0.1) is 0 Å². The molecule has 1 aromatic carbocycles. The molecular formula is C6H3Cl2NO2. The summed E-state index contributed by atoms with van der Waals surface area (Å²) in [5, 5.41) is 10.7. The Morgan fingerprint density at radius 2 is 2.00 bits per heavy atom. The second kappa shape index (κ2) is 3.07. The van der Waals surface area contributed by atoms with Gasteiger partial charge in [-0.3, -0.25) is 10.1 Å². The molecule has 0 N–H and O–H groups in total. The number of halogens is 2. The van der Waals surface area contributed by atoms with Crippen LogP contribution in [0, 0.1) is 10.1 Å². The molecule has 0 amide bonds. The number of nitro benzene ring substituents is 1. The number of nitro groups is 1. The van der Waals surface area contributed by atoms with Gasteiger partial charge < -0.3 is 0 Å². The smallest absolute Gasteiger partial charge is 0.258 e. The predicted octanol–water partition coefficient (Wildman–Crippen LogP) is 2.90. The van der Waals surface area contributed by atoms with Gasteiger partial charge >= 0.3 is 0 Å². The fourth-order valence-corrected chi connectivity index (χ4v) is 1.11. The lowest BCUT2D eigenvalue weighted by Crippen LogP contribution is -1.87. The molecule has 0 saturated heterocycles. The molecule has 0 saturated carbocycles. The molecule has 58 valence electrons. The van der Waals surface area contributed by atoms with E-state index in [4.69, 9.17) is 23.2 Å². The van der Waals surface area contributed by atoms with Gasteiger partial charge in [0, 0.05) is 11.1 Å². The van der Waals surface area contributed by atoms with E-state index in [1.807, 2.05) is 0 Å². The van der Waals surface area contributed by atoms with Gasteiger partial charge in [0.1, 0.15) is 5.02 Å². The minimum Gasteiger partial charge on any atom is -0.258 e. The zero-order valence-electron chi connectivity index (χ0n) is 5.25. The molecule has 0 aliphatic rings. The maximum Gasteiger partial charge on any atom is 0.287 e. The summed E-state index contributed by atoms with van der Waals surface area (Å²) < 4.78 is 0. The Balaban J connectivity index is 3.20. The van der Waals surface area contributed by atoms with E-state index in [2.05, 4.69) is 0 Å². The molecule has 0 aromatic heterocycles. The Kier molecular flexibility index (Phi) is 2.31. The van der Waals surface area contributed by atoms with E-state index in [0.29, 0.717) is 5.02 Å². The van der Waals surface area contributed by atoms with E-state index < -0.39 is 4.92 Å². The third kappa shape index (κ3) is 1.82. The van der Waals surface area contributed by atoms with E-state index in [1.54, 1.807) is 0 Å². The highest BCUT2D eigenvalue weighted by Gasteiger charge is 2.10. The van der Waals surface area contributed by atoms with Crippen LogP contribution in [0.2, 0.25) is 10.0 Å². The first-order valence-electron chi connectivity index (χ1n) is 2.70. The van der Waals surface area contributed by atoms with Gasteiger partial charge in [0.15, 0.2) is 0 Å². The molecule has 1 aromatic rings. The molecule has 0 fully saturated rings. The van der Waals surface area contributed by atoms with Crippen molar-refractivity contribution in [1.29, 1.82) is 0 Å². The van der Waals surface area contributed by atoms with Gasteiger partial charge in [0.2, 0.25) is 0 Å². The highest BCUT2D eigenvalue weighted by Crippen LogP contribution is 2.26. The fraction of sp³-hybridized carbons (Fsp3) is 0. The van der Waals surface area contributed by atoms with E-state index in [9.17, 15) is 10.1 Å². The quantitative estimate of drug-likeness (QED) is 0.514. The van der Waals surface area contributed by atoms with Crippen molar-refractivity contribution >= 4 is 28.9 Å². The van der Waals surface area contributed by atoms with Gasteiger partial charge in [0.25, 0.3) is 5.69 Å². The van der Waals surface area contributed by atoms with Crippen molar-refractivity contribution in [3.8, 4) is 0 Å². The van der Waals surface area contributed by atoms with Crippen molar-refractivity contribution in [2.45, 2.75) is 0 Å². The van der Waals surface area contributed by atoms with Crippen LogP contribution in [-0.2, 0) is 0 Å². The molecule has 0 radical (unpaired) electrons. The van der Waals surface area contributed by atoms with Gasteiger partial charge in [0.05, 0.1) is 4.92 Å². The SMILES string of the molecule is O=[N+]([O-])[13c]1[13cH][13cH][13c](Cl)[13cH][13c]1Cl. The van der Waals surface area contributed by atoms with Crippen LogP contribution in [0.1, 0.15) is 0 Å². The average molecular weight is 198 g/mol. The Morgan fingerprint density at radius 3 is 2.45 bits per heavy atom. The van der Waals surface area contributed by atoms with Crippen LogP contribution in [0.25, 0.3) is 0 Å². The molecule has 0 aliphatic carbocycles. The lowest BCUT2D eigenvalue weighted by Gasteiger charge is -1.93. The molecule has 0 unspecified atom stereocenters. The van der Waals surface area contributed by atoms with Crippen molar-refractivity contribution in [2.75, 3.05) is 0 Å². The standard InChI is InChI=1S/C6H3Cl2NO2/c7-4-1-2-6(9(10)11)5(8)3-4/h1-3H/i1+1,2+1,3+1,4+1,5+1,6+1. The number of hydrogen-bond donors (Lipinski definition) is 0. The summed E-state index contributed by atoms with van der Waals surface area (Å²) in [4.78, 5) is 9.65. The normalized spacial score (nSPS) is 9.64. The maximum atomic E-state index is 10.2. The molecule has 0 aliphatic heterocycles. The highest BCUT2D eigenvalue weighted by molar-refractivity contribution is 6.35. The highest BCUT2D eigenvalue weighted by atomic mass is 35.5. The zero-order chi connectivity index (χ0) is 8.43. The fourth-order valence-electron chi connectivity index (χ4n) is 0.629. The lowest BCUT2D eigenvalue weighted by molar-refractivity contribution is -0.384. The first-order chi connectivity index (χ1) is 5.11. The van der Waals surface area contributed by atoms with Crippen LogP contribution in [0.4, 0.5) is 5.69 Å². The van der Waals surface area contributed by atoms with E-state index >= 15 is 0 Å². The van der Waals surface area contributed by atoms with Crippen LogP contribution in [-0.4, -0.2) is 4.92 Å². The van der Waals surface area contributed by atoms with Crippen molar-refractivity contribution in [1.82, 2.24) is 0 Å². The third-order valence-corrected chi connectivity index (χ3v) is 1.64. The van der Waals surface area contributed by atoms with E-state index in [1.165, 1.54) is 18.2 Å². The molecule has 0 bridgehead atoms. The monoisotopic (exact) mass is 197 g/mol. The minimum atomic E-state index is -0.557. The molecule has 3 nitrogen and oxygen atoms in total. The van der Waals surface area contributed by atoms with Crippen molar-refractivity contribution in [3.05, 3.63) is 38.4 Å². The number of rotatable bonds is 1. The minimum absolute atomic E-state index is 0.0579. The summed E-state index contributed by atoms with van der Waals surface area (Å²) in [5.74, 6) is 0. The molecule has 1 rings (SSSR count). The Bertz CT molecular complexity index is 301. The average Bonchev–Trinajstić information content (AvgIpc) is 1.85. The van der Waals surface area contributed by atoms with Crippen LogP contribution in [0.3, 0.4) is 0 Å². The van der Waals surface area contributed by atoms with E-state index in [-0.39, 0.29) is 10.7 Å². The summed E-state index contributed by atoms with van der Waals surface area (Å²) in [6.45, 7) is 0. The van der Waals surface area contributed by atoms with Crippen LogP contribution < -0.4 is 0 Å². The van der Waals surface area contributed by atoms with E-state index in [0.717, 1.165) is 0 Å². The van der Waals surface area contributed by atoms with Gasteiger partial charge in [-0.25, -0.2) is 0 Å². The second-order valence-corrected chi connectivity index (χ2v) is 2.70. The first-order valence-corrected chi connectivity index (χ1v) is 3.46. The predicted molar refractivity (Wildman–Crippen MR) is 43.1 cm³/mol. The molecular weight excluding hydrogens is 195 g/mol. The lowest BCUT2D eigenvalue weighted by atomic mass is 11.3. The summed E-state index contributed by atoms with van der Waals surface area (Å²) >= 11 is 11.0. The summed E-state index contributed by atoms with van der Waals surface area (Å²) in [6, 6.07) is 4.03. The first kappa shape index (κ1) is 8.30. The Morgan fingerprint density at radius 1 is 1.36 bits per heavy atom. The van der Waals surface area contributed by atoms with Crippen molar-refractivity contribution in [3.63, 3.8) is 0 Å². The van der Waals surface area contributed by atoms with Crippen LogP contribution in [0.5, 0.6) is 0 Å². The second-order valence-electron chi connectivity index (χ2n) is 1.85. The van der Waals surface area contributed by atoms with Crippen LogP contribution in [0.15, 0.2) is 18.2 Å². The van der Waals surface area contributed by atoms with Crippen molar-refractivity contribution in [2.24, 2.45) is 0 Å². The Hall–Kier alpha value is -0.800. The Labute approximate surface area is 72.7 Å². The molecule has 0 heterocycles. The topological polar surface area (TPSA) is 43.1 Å². The zero-order valence-corrected chi connectivity index (χ0v) is 6.76. The summed E-state index contributed by atoms with van der Waals surface area (Å²) in [6.07, 6.45) is 0. The number of nitrogens with zero attached hydrogens (tertiary/aromatic N) is 1.